The van der Waals surface area contributed by atoms with Crippen molar-refractivity contribution < 1.29 is 8.42 Å². The molecule has 154 valence electrons. The van der Waals surface area contributed by atoms with E-state index in [2.05, 4.69) is 24.3 Å². The van der Waals surface area contributed by atoms with Gasteiger partial charge in [0.05, 0.1) is 4.91 Å². The summed E-state index contributed by atoms with van der Waals surface area (Å²) in [7, 11) is -3.74. The molecule has 0 aliphatic heterocycles. The van der Waals surface area contributed by atoms with Crippen molar-refractivity contribution in [2.75, 3.05) is 11.3 Å². The van der Waals surface area contributed by atoms with Crippen molar-refractivity contribution in [2.45, 2.75) is 38.5 Å². The van der Waals surface area contributed by atoms with Gasteiger partial charge in [0, 0.05) is 15.6 Å². The lowest BCUT2D eigenvalue weighted by atomic mass is 10.0. The largest absolute Gasteiger partial charge is 0.330 e. The summed E-state index contributed by atoms with van der Waals surface area (Å²) in [5, 5.41) is 0.531. The molecule has 0 saturated carbocycles. The highest BCUT2D eigenvalue weighted by Gasteiger charge is 2.22. The van der Waals surface area contributed by atoms with Gasteiger partial charge in [-0.2, -0.15) is 0 Å². The van der Waals surface area contributed by atoms with Crippen molar-refractivity contribution in [1.29, 1.82) is 0 Å². The predicted octanol–water partition coefficient (Wildman–Crippen LogP) is 5.50. The fraction of sp³-hybridized carbons (Fsp3) is 0.273. The van der Waals surface area contributed by atoms with E-state index in [0.717, 1.165) is 18.4 Å². The lowest BCUT2D eigenvalue weighted by Crippen LogP contribution is -2.15. The van der Waals surface area contributed by atoms with E-state index in [1.165, 1.54) is 16.7 Å². The molecule has 0 amide bonds. The Labute approximate surface area is 183 Å². The van der Waals surface area contributed by atoms with Crippen LogP contribution >= 0.6 is 24.2 Å². The number of hydrogen-bond acceptors (Lipinski definition) is 4. The molecule has 0 saturated heterocycles. The topological polar surface area (TPSA) is 72.2 Å². The predicted molar refractivity (Wildman–Crippen MR) is 126 cm³/mol. The zero-order chi connectivity index (χ0) is 21.3. The quantitative estimate of drug-likeness (QED) is 0.511. The average molecular weight is 449 g/mol. The minimum absolute atomic E-state index is 0.226. The number of thiol groups is 1. The highest BCUT2D eigenvalue weighted by atomic mass is 35.5. The standard InChI is InChI=1S/C22H25ClN2O2S2/c1-13-10-16-4-6-18(12-21(16)19(13)8-9-24)25-29(26,27)15(3)14(2)20-11-17(23)5-7-22(20)28/h4-7,11-12,25,28H,8-10,24H2,1-3H3/b15-14+. The van der Waals surface area contributed by atoms with E-state index in [1.807, 2.05) is 12.1 Å². The van der Waals surface area contributed by atoms with Crippen LogP contribution in [0, 0.1) is 0 Å². The van der Waals surface area contributed by atoms with Crippen molar-refractivity contribution in [3.63, 3.8) is 0 Å². The summed E-state index contributed by atoms with van der Waals surface area (Å²) < 4.78 is 28.8. The molecule has 3 rings (SSSR count). The van der Waals surface area contributed by atoms with Gasteiger partial charge in [-0.15, -0.1) is 12.6 Å². The van der Waals surface area contributed by atoms with Gasteiger partial charge in [-0.25, -0.2) is 8.42 Å². The Bertz CT molecular complexity index is 1140. The molecule has 0 bridgehead atoms. The van der Waals surface area contributed by atoms with Crippen LogP contribution in [0.5, 0.6) is 0 Å². The van der Waals surface area contributed by atoms with Crippen LogP contribution in [0.1, 0.15) is 43.9 Å². The molecule has 0 atom stereocenters. The van der Waals surface area contributed by atoms with E-state index in [9.17, 15) is 8.42 Å². The van der Waals surface area contributed by atoms with Crippen LogP contribution in [0.4, 0.5) is 5.69 Å². The van der Waals surface area contributed by atoms with E-state index >= 15 is 0 Å². The number of nitrogens with one attached hydrogen (secondary N) is 1. The van der Waals surface area contributed by atoms with Crippen LogP contribution < -0.4 is 10.5 Å². The van der Waals surface area contributed by atoms with Crippen LogP contribution in [-0.4, -0.2) is 15.0 Å². The van der Waals surface area contributed by atoms with Gasteiger partial charge in [-0.3, -0.25) is 4.72 Å². The third kappa shape index (κ3) is 4.56. The number of benzene rings is 2. The maximum Gasteiger partial charge on any atom is 0.258 e. The minimum Gasteiger partial charge on any atom is -0.330 e. The molecule has 7 heteroatoms. The summed E-state index contributed by atoms with van der Waals surface area (Å²) >= 11 is 10.5. The molecule has 0 fully saturated rings. The van der Waals surface area contributed by atoms with Crippen LogP contribution in [-0.2, 0) is 16.4 Å². The number of anilines is 1. The molecule has 1 aliphatic rings. The van der Waals surface area contributed by atoms with E-state index in [-0.39, 0.29) is 4.91 Å². The molecule has 1 aliphatic carbocycles. The van der Waals surface area contributed by atoms with Crippen molar-refractivity contribution in [3.05, 3.63) is 68.6 Å². The average Bonchev–Trinajstić information content (AvgIpc) is 2.97. The van der Waals surface area contributed by atoms with E-state index < -0.39 is 10.0 Å². The molecule has 0 unspecified atom stereocenters. The summed E-state index contributed by atoms with van der Waals surface area (Å²) in [5.74, 6) is 0. The molecule has 0 heterocycles. The second-order valence-corrected chi connectivity index (χ2v) is 10.0. The number of hydrogen-bond donors (Lipinski definition) is 3. The highest BCUT2D eigenvalue weighted by Crippen LogP contribution is 2.37. The highest BCUT2D eigenvalue weighted by molar-refractivity contribution is 7.96. The molecule has 29 heavy (non-hydrogen) atoms. The van der Waals surface area contributed by atoms with Crippen molar-refractivity contribution >= 4 is 51.1 Å². The number of sulfonamides is 1. The molecule has 0 radical (unpaired) electrons. The van der Waals surface area contributed by atoms with Crippen LogP contribution in [0.2, 0.25) is 5.02 Å². The van der Waals surface area contributed by atoms with Crippen molar-refractivity contribution in [3.8, 4) is 0 Å². The molecule has 0 aromatic heterocycles. The fourth-order valence-electron chi connectivity index (χ4n) is 3.62. The zero-order valence-corrected chi connectivity index (χ0v) is 19.2. The van der Waals surface area contributed by atoms with Crippen molar-refractivity contribution in [2.24, 2.45) is 5.73 Å². The van der Waals surface area contributed by atoms with Gasteiger partial charge in [0.15, 0.2) is 0 Å². The number of rotatable bonds is 6. The van der Waals surface area contributed by atoms with Gasteiger partial charge >= 0.3 is 0 Å². The molecule has 0 spiro atoms. The van der Waals surface area contributed by atoms with Gasteiger partial charge in [-0.1, -0.05) is 23.2 Å². The molecule has 2 aromatic rings. The number of nitrogens with two attached hydrogens (primary N) is 1. The first-order valence-corrected chi connectivity index (χ1v) is 11.7. The Morgan fingerprint density at radius 2 is 1.93 bits per heavy atom. The normalized spacial score (nSPS) is 14.7. The van der Waals surface area contributed by atoms with Gasteiger partial charge < -0.3 is 5.73 Å². The Morgan fingerprint density at radius 3 is 2.62 bits per heavy atom. The van der Waals surface area contributed by atoms with Gasteiger partial charge in [-0.05, 0) is 98.3 Å². The third-order valence-corrected chi connectivity index (χ3v) is 7.59. The number of halogens is 1. The van der Waals surface area contributed by atoms with E-state index in [1.54, 1.807) is 38.1 Å². The minimum atomic E-state index is -3.74. The second kappa shape index (κ2) is 8.56. The van der Waals surface area contributed by atoms with Crippen LogP contribution in [0.3, 0.4) is 0 Å². The van der Waals surface area contributed by atoms with Gasteiger partial charge in [0.1, 0.15) is 0 Å². The van der Waals surface area contributed by atoms with Gasteiger partial charge in [0.2, 0.25) is 0 Å². The number of allylic oxidation sites excluding steroid dienone is 3. The Morgan fingerprint density at radius 1 is 1.21 bits per heavy atom. The lowest BCUT2D eigenvalue weighted by molar-refractivity contribution is 0.607. The van der Waals surface area contributed by atoms with E-state index in [0.29, 0.717) is 33.3 Å². The Kier molecular flexibility index (Phi) is 6.48. The lowest BCUT2D eigenvalue weighted by Gasteiger charge is -2.14. The fourth-order valence-corrected chi connectivity index (χ4v) is 5.20. The van der Waals surface area contributed by atoms with Crippen molar-refractivity contribution in [1.82, 2.24) is 0 Å². The zero-order valence-electron chi connectivity index (χ0n) is 16.7. The first-order valence-electron chi connectivity index (χ1n) is 9.35. The summed E-state index contributed by atoms with van der Waals surface area (Å²) in [6.07, 6.45) is 1.67. The summed E-state index contributed by atoms with van der Waals surface area (Å²) in [6.45, 7) is 6.01. The molecular formula is C22H25ClN2O2S2. The van der Waals surface area contributed by atoms with E-state index in [4.69, 9.17) is 17.3 Å². The maximum atomic E-state index is 13.0. The molecule has 2 aromatic carbocycles. The first-order chi connectivity index (χ1) is 13.6. The monoisotopic (exact) mass is 448 g/mol. The Balaban J connectivity index is 1.95. The summed E-state index contributed by atoms with van der Waals surface area (Å²) in [4.78, 5) is 0.899. The third-order valence-electron chi connectivity index (χ3n) is 5.35. The first kappa shape index (κ1) is 22.0. The second-order valence-electron chi connectivity index (χ2n) is 7.29. The van der Waals surface area contributed by atoms with Gasteiger partial charge in [0.25, 0.3) is 10.0 Å². The maximum absolute atomic E-state index is 13.0. The summed E-state index contributed by atoms with van der Waals surface area (Å²) in [6, 6.07) is 10.9. The number of fused-ring (bicyclic) bond motifs is 1. The van der Waals surface area contributed by atoms with Crippen LogP contribution in [0.15, 0.2) is 51.8 Å². The molecule has 3 N–H and O–H groups in total. The molecular weight excluding hydrogens is 424 g/mol. The molecule has 4 nitrogen and oxygen atoms in total. The smallest absolute Gasteiger partial charge is 0.258 e. The summed E-state index contributed by atoms with van der Waals surface area (Å²) in [5.41, 5.74) is 12.4. The Hall–Kier alpha value is -1.73. The SMILES string of the molecule is CC1=C(CCN)c2cc(NS(=O)(=O)/C(C)=C(\C)c3cc(Cl)ccc3S)ccc2C1. The van der Waals surface area contributed by atoms with Crippen LogP contribution in [0.25, 0.3) is 11.1 Å².